The molecule has 7 rings (SSSR count). The van der Waals surface area contributed by atoms with Crippen LogP contribution in [0, 0.1) is 13.8 Å². The van der Waals surface area contributed by atoms with Gasteiger partial charge in [0.15, 0.2) is 0 Å². The van der Waals surface area contributed by atoms with Gasteiger partial charge in [-0.25, -0.2) is 0 Å². The molecule has 0 atom stereocenters. The Bertz CT molecular complexity index is 1720. The van der Waals surface area contributed by atoms with Crippen LogP contribution in [0.3, 0.4) is 0 Å². The van der Waals surface area contributed by atoms with E-state index in [0.29, 0.717) is 0 Å². The summed E-state index contributed by atoms with van der Waals surface area (Å²) >= 11 is 0. The summed E-state index contributed by atoms with van der Waals surface area (Å²) in [6, 6.07) is 72.9. The maximum Gasteiger partial charge on any atom is 0.116 e. The third-order valence-electron chi connectivity index (χ3n) is 9.81. The number of benzene rings is 7. The molecule has 0 bridgehead atoms. The fraction of sp³-hybridized carbons (Fsp3) is 0.0870. The summed E-state index contributed by atoms with van der Waals surface area (Å²) in [7, 11) is -4.21. The van der Waals surface area contributed by atoms with Crippen LogP contribution in [0.2, 0.25) is 0 Å². The monoisotopic (exact) mass is 691 g/mol. The van der Waals surface area contributed by atoms with Crippen LogP contribution in [-0.2, 0) is 12.3 Å². The van der Waals surface area contributed by atoms with Crippen molar-refractivity contribution in [3.05, 3.63) is 216 Å². The van der Waals surface area contributed by atoms with Gasteiger partial charge in [-0.3, -0.25) is 0 Å². The van der Waals surface area contributed by atoms with Gasteiger partial charge in [0.2, 0.25) is 0 Å². The molecule has 0 N–H and O–H groups in total. The average Bonchev–Trinajstić information content (AvgIpc) is 3.16. The number of rotatable bonds is 10. The van der Waals surface area contributed by atoms with Crippen molar-refractivity contribution in [2.24, 2.45) is 0 Å². The van der Waals surface area contributed by atoms with Gasteiger partial charge in [0.1, 0.15) is 46.4 Å². The van der Waals surface area contributed by atoms with Crippen LogP contribution >= 0.6 is 14.5 Å². The van der Waals surface area contributed by atoms with E-state index < -0.39 is 14.5 Å². The molecule has 0 aromatic heterocycles. The predicted molar refractivity (Wildman–Crippen MR) is 214 cm³/mol. The third kappa shape index (κ3) is 6.80. The Labute approximate surface area is 300 Å². The lowest BCUT2D eigenvalue weighted by Crippen LogP contribution is -3.00. The molecule has 7 aromatic carbocycles. The number of hydrogen-bond acceptors (Lipinski definition) is 0. The highest BCUT2D eigenvalue weighted by Gasteiger charge is 2.49. The Hall–Kier alpha value is -4.31. The zero-order chi connectivity index (χ0) is 32.8. The van der Waals surface area contributed by atoms with Crippen molar-refractivity contribution in [3.8, 4) is 0 Å². The standard InChI is InChI=1S/C46H42P2.ClH/c1-37-33-39(35-47(41-21-9-3-10-22-41,42-23-11-4-12-24-42)43-25-13-5-14-26-43)40(34-38(37)2)36-48(44-27-15-6-16-28-44,45-29-17-7-18-30-45)46-31-19-8-20-32-46;/h3-34H,35-36H2,1-2H3;1H/q+2;/p-1. The first kappa shape index (κ1) is 34.5. The molecule has 0 heterocycles. The van der Waals surface area contributed by atoms with Crippen LogP contribution in [0.15, 0.2) is 194 Å². The highest BCUT2D eigenvalue weighted by Crippen LogP contribution is 2.62. The molecule has 0 saturated heterocycles. The SMILES string of the molecule is Cc1cc(C[P+](c2ccccc2)(c2ccccc2)c2ccccc2)c(C[P+](c2ccccc2)(c2ccccc2)c2ccccc2)cc1C.[Cl-]. The third-order valence-corrected chi connectivity index (χ3v) is 18.5. The number of hydrogen-bond donors (Lipinski definition) is 0. The van der Waals surface area contributed by atoms with E-state index in [4.69, 9.17) is 0 Å². The molecule has 0 radical (unpaired) electrons. The second-order valence-corrected chi connectivity index (χ2v) is 19.6. The van der Waals surface area contributed by atoms with Crippen LogP contribution in [0.25, 0.3) is 0 Å². The summed E-state index contributed by atoms with van der Waals surface area (Å²) in [4.78, 5) is 0. The molecular formula is C46H42ClP2+. The Morgan fingerprint density at radius 1 is 0.306 bits per heavy atom. The molecule has 242 valence electrons. The van der Waals surface area contributed by atoms with Crippen molar-refractivity contribution < 1.29 is 12.4 Å². The van der Waals surface area contributed by atoms with Gasteiger partial charge in [-0.15, -0.1) is 0 Å². The highest BCUT2D eigenvalue weighted by atomic mass is 35.5. The summed E-state index contributed by atoms with van der Waals surface area (Å²) < 4.78 is 0. The number of halogens is 1. The minimum Gasteiger partial charge on any atom is -1.00 e. The zero-order valence-corrected chi connectivity index (χ0v) is 30.7. The van der Waals surface area contributed by atoms with Gasteiger partial charge in [-0.1, -0.05) is 121 Å². The highest BCUT2D eigenvalue weighted by molar-refractivity contribution is 7.95. The normalized spacial score (nSPS) is 11.5. The molecule has 3 heteroatoms. The van der Waals surface area contributed by atoms with Crippen molar-refractivity contribution in [2.75, 3.05) is 0 Å². The van der Waals surface area contributed by atoms with Crippen molar-refractivity contribution in [1.82, 2.24) is 0 Å². The fourth-order valence-corrected chi connectivity index (χ4v) is 15.9. The minimum atomic E-state index is -2.11. The maximum absolute atomic E-state index is 2.52. The maximum atomic E-state index is 2.52. The van der Waals surface area contributed by atoms with Crippen LogP contribution in [-0.4, -0.2) is 0 Å². The van der Waals surface area contributed by atoms with Crippen molar-refractivity contribution >= 4 is 46.4 Å². The zero-order valence-electron chi connectivity index (χ0n) is 28.2. The van der Waals surface area contributed by atoms with E-state index >= 15 is 0 Å². The largest absolute Gasteiger partial charge is 1.00 e. The molecule has 0 fully saturated rings. The van der Waals surface area contributed by atoms with E-state index in [0.717, 1.165) is 12.3 Å². The Balaban J connectivity index is 0.00000417. The molecule has 0 nitrogen and oxygen atoms in total. The second kappa shape index (κ2) is 15.5. The first-order valence-electron chi connectivity index (χ1n) is 16.8. The van der Waals surface area contributed by atoms with E-state index in [1.54, 1.807) is 0 Å². The second-order valence-electron chi connectivity index (χ2n) is 12.7. The lowest BCUT2D eigenvalue weighted by atomic mass is 10.0. The van der Waals surface area contributed by atoms with Gasteiger partial charge < -0.3 is 12.4 Å². The van der Waals surface area contributed by atoms with Gasteiger partial charge in [-0.2, -0.15) is 0 Å². The average molecular weight is 692 g/mol. The molecule has 0 amide bonds. The Morgan fingerprint density at radius 2 is 0.490 bits per heavy atom. The summed E-state index contributed by atoms with van der Waals surface area (Å²) in [5, 5.41) is 8.51. The van der Waals surface area contributed by atoms with Gasteiger partial charge in [0.05, 0.1) is 12.3 Å². The lowest BCUT2D eigenvalue weighted by Gasteiger charge is -2.31. The lowest BCUT2D eigenvalue weighted by molar-refractivity contribution is -0.00000937. The van der Waals surface area contributed by atoms with Crippen LogP contribution in [0.4, 0.5) is 0 Å². The van der Waals surface area contributed by atoms with E-state index in [-0.39, 0.29) is 12.4 Å². The Morgan fingerprint density at radius 3 is 0.673 bits per heavy atom. The van der Waals surface area contributed by atoms with Gasteiger partial charge in [-0.05, 0) is 109 Å². The van der Waals surface area contributed by atoms with Crippen LogP contribution in [0.1, 0.15) is 22.3 Å². The number of aryl methyl sites for hydroxylation is 2. The van der Waals surface area contributed by atoms with E-state index in [2.05, 4.69) is 208 Å². The smallest absolute Gasteiger partial charge is 0.116 e. The van der Waals surface area contributed by atoms with Crippen molar-refractivity contribution in [3.63, 3.8) is 0 Å². The molecule has 0 aliphatic heterocycles. The van der Waals surface area contributed by atoms with E-state index in [1.165, 1.54) is 54.1 Å². The predicted octanol–water partition coefficient (Wildman–Crippen LogP) is 6.30. The van der Waals surface area contributed by atoms with Crippen molar-refractivity contribution in [1.29, 1.82) is 0 Å². The van der Waals surface area contributed by atoms with Crippen LogP contribution in [0.5, 0.6) is 0 Å². The molecule has 0 aliphatic rings. The molecule has 0 saturated carbocycles. The molecular weight excluding hydrogens is 650 g/mol. The van der Waals surface area contributed by atoms with Gasteiger partial charge >= 0.3 is 0 Å². The summed E-state index contributed by atoms with van der Waals surface area (Å²) in [6.45, 7) is 4.56. The minimum absolute atomic E-state index is 0. The van der Waals surface area contributed by atoms with Gasteiger partial charge in [0, 0.05) is 0 Å². The molecule has 0 unspecified atom stereocenters. The molecule has 0 aliphatic carbocycles. The van der Waals surface area contributed by atoms with E-state index in [9.17, 15) is 0 Å². The summed E-state index contributed by atoms with van der Waals surface area (Å²) in [5.41, 5.74) is 5.61. The first-order valence-corrected chi connectivity index (χ1v) is 20.7. The van der Waals surface area contributed by atoms with Gasteiger partial charge in [0.25, 0.3) is 0 Å². The van der Waals surface area contributed by atoms with E-state index in [1.807, 2.05) is 0 Å². The fourth-order valence-electron chi connectivity index (χ4n) is 7.28. The van der Waals surface area contributed by atoms with Crippen LogP contribution < -0.4 is 44.2 Å². The summed E-state index contributed by atoms with van der Waals surface area (Å²) in [6.07, 6.45) is 1.92. The quantitative estimate of drug-likeness (QED) is 0.148. The topological polar surface area (TPSA) is 0 Å². The molecule has 49 heavy (non-hydrogen) atoms. The van der Waals surface area contributed by atoms with Crippen molar-refractivity contribution in [2.45, 2.75) is 26.2 Å². The Kier molecular flexibility index (Phi) is 10.9. The first-order chi connectivity index (χ1) is 23.6. The molecule has 0 spiro atoms. The molecule has 7 aromatic rings. The summed E-state index contributed by atoms with van der Waals surface area (Å²) in [5.74, 6) is 0.